The van der Waals surface area contributed by atoms with E-state index in [2.05, 4.69) is 74.1 Å². The van der Waals surface area contributed by atoms with Gasteiger partial charge in [-0.3, -0.25) is 0 Å². The van der Waals surface area contributed by atoms with Crippen molar-refractivity contribution in [2.75, 3.05) is 7.11 Å². The number of hydrogen-bond acceptors (Lipinski definition) is 3. The van der Waals surface area contributed by atoms with Crippen LogP contribution in [0.15, 0.2) is 60.9 Å². The third-order valence-electron chi connectivity index (χ3n) is 6.08. The maximum absolute atomic E-state index is 7.07. The smallest absolute Gasteiger partial charge is 0.258 e. The Morgan fingerprint density at radius 1 is 0.844 bits per heavy atom. The highest BCUT2D eigenvalue weighted by molar-refractivity contribution is 6.78. The van der Waals surface area contributed by atoms with Gasteiger partial charge in [-0.2, -0.15) is 0 Å². The van der Waals surface area contributed by atoms with E-state index < -0.39 is 8.32 Å². The Kier molecular flexibility index (Phi) is 8.79. The summed E-state index contributed by atoms with van der Waals surface area (Å²) in [5, 5.41) is 0. The predicted octanol–water partition coefficient (Wildman–Crippen LogP) is 8.44. The zero-order valence-corrected chi connectivity index (χ0v) is 22.3. The number of ether oxygens (including phenoxy) is 2. The molecule has 3 nitrogen and oxygen atoms in total. The molecule has 0 aliphatic rings. The first-order valence-corrected chi connectivity index (χ1v) is 13.6. The molecule has 0 heterocycles. The molecule has 0 amide bonds. The number of benzene rings is 2. The van der Waals surface area contributed by atoms with Gasteiger partial charge < -0.3 is 13.9 Å². The molecule has 174 valence electrons. The summed E-state index contributed by atoms with van der Waals surface area (Å²) in [5.74, 6) is 2.92. The second-order valence-corrected chi connectivity index (χ2v) is 14.9. The monoisotopic (exact) mass is 452 g/mol. The van der Waals surface area contributed by atoms with E-state index in [0.717, 1.165) is 33.9 Å². The van der Waals surface area contributed by atoms with Crippen LogP contribution in [-0.4, -0.2) is 15.4 Å². The molecule has 2 aromatic carbocycles. The van der Waals surface area contributed by atoms with Gasteiger partial charge in [0.1, 0.15) is 23.0 Å². The summed E-state index contributed by atoms with van der Waals surface area (Å²) in [4.78, 5) is 0. The zero-order chi connectivity index (χ0) is 24.1. The van der Waals surface area contributed by atoms with Gasteiger partial charge in [0.15, 0.2) is 0 Å². The molecule has 4 heteroatoms. The molecule has 0 saturated heterocycles. The molecule has 0 spiro atoms. The molecular formula is C28H40O3Si. The molecule has 32 heavy (non-hydrogen) atoms. The molecule has 0 aliphatic carbocycles. The van der Waals surface area contributed by atoms with Crippen LogP contribution >= 0.6 is 0 Å². The second kappa shape index (κ2) is 10.9. The van der Waals surface area contributed by atoms with Crippen LogP contribution in [0.25, 0.3) is 5.76 Å². The molecular weight excluding hydrogens is 412 g/mol. The van der Waals surface area contributed by atoms with Crippen LogP contribution in [-0.2, 0) is 4.43 Å². The van der Waals surface area contributed by atoms with E-state index in [1.807, 2.05) is 36.4 Å². The van der Waals surface area contributed by atoms with Gasteiger partial charge in [-0.25, -0.2) is 0 Å². The van der Waals surface area contributed by atoms with Crippen molar-refractivity contribution in [3.8, 4) is 11.5 Å². The van der Waals surface area contributed by atoms with Gasteiger partial charge >= 0.3 is 0 Å². The molecule has 0 N–H and O–H groups in total. The molecule has 0 fully saturated rings. The first-order valence-electron chi connectivity index (χ1n) is 11.5. The van der Waals surface area contributed by atoms with Gasteiger partial charge in [0, 0.05) is 11.6 Å². The molecule has 0 saturated carbocycles. The van der Waals surface area contributed by atoms with Crippen LogP contribution < -0.4 is 9.47 Å². The van der Waals surface area contributed by atoms with E-state index in [-0.39, 0.29) is 0 Å². The third-order valence-corrected chi connectivity index (χ3v) is 12.1. The maximum Gasteiger partial charge on any atom is 0.258 e. The zero-order valence-electron chi connectivity index (χ0n) is 21.3. The Morgan fingerprint density at radius 3 is 1.91 bits per heavy atom. The van der Waals surface area contributed by atoms with Crippen molar-refractivity contribution >= 4 is 14.1 Å². The Hall–Kier alpha value is -2.46. The summed E-state index contributed by atoms with van der Waals surface area (Å²) >= 11 is 0. The minimum Gasteiger partial charge on any atom is -0.542 e. The summed E-state index contributed by atoms with van der Waals surface area (Å²) in [6, 6.07) is 14.2. The first kappa shape index (κ1) is 25.8. The lowest BCUT2D eigenvalue weighted by Crippen LogP contribution is -2.47. The minimum atomic E-state index is -2.18. The largest absolute Gasteiger partial charge is 0.542 e. The van der Waals surface area contributed by atoms with Crippen molar-refractivity contribution in [2.45, 2.75) is 72.0 Å². The SMILES string of the molecule is C=C(/C=C(\O[Si](C(C)C)(C(C)C)C(C)C)c1cccc(OC)c1)Oc1cc(C)cc(C)c1. The highest BCUT2D eigenvalue weighted by Crippen LogP contribution is 2.45. The fourth-order valence-electron chi connectivity index (χ4n) is 4.81. The molecule has 2 rings (SSSR count). The molecule has 0 aliphatic heterocycles. The molecule has 0 atom stereocenters. The summed E-state index contributed by atoms with van der Waals surface area (Å²) in [6.07, 6.45) is 1.93. The van der Waals surface area contributed by atoms with Crippen molar-refractivity contribution < 1.29 is 13.9 Å². The lowest BCUT2D eigenvalue weighted by molar-refractivity contribution is 0.412. The third kappa shape index (κ3) is 6.07. The van der Waals surface area contributed by atoms with Crippen molar-refractivity contribution in [1.29, 1.82) is 0 Å². The summed E-state index contributed by atoms with van der Waals surface area (Å²) < 4.78 is 18.7. The summed E-state index contributed by atoms with van der Waals surface area (Å²) in [7, 11) is -0.502. The van der Waals surface area contributed by atoms with Crippen LogP contribution in [0, 0.1) is 13.8 Å². The Balaban J connectivity index is 2.53. The molecule has 0 radical (unpaired) electrons. The van der Waals surface area contributed by atoms with Gasteiger partial charge in [0.05, 0.1) is 7.11 Å². The van der Waals surface area contributed by atoms with E-state index in [9.17, 15) is 0 Å². The Morgan fingerprint density at radius 2 is 1.41 bits per heavy atom. The molecule has 0 unspecified atom stereocenters. The van der Waals surface area contributed by atoms with Gasteiger partial charge in [-0.05, 0) is 65.9 Å². The van der Waals surface area contributed by atoms with E-state index in [1.54, 1.807) is 7.11 Å². The van der Waals surface area contributed by atoms with Crippen LogP contribution in [0.1, 0.15) is 58.2 Å². The fourth-order valence-corrected chi connectivity index (χ4v) is 10.1. The highest BCUT2D eigenvalue weighted by Gasteiger charge is 2.47. The van der Waals surface area contributed by atoms with Gasteiger partial charge in [-0.1, -0.05) is 66.3 Å². The Bertz CT molecular complexity index is 915. The number of allylic oxidation sites excluding steroid dienone is 1. The topological polar surface area (TPSA) is 27.7 Å². The molecule has 0 bridgehead atoms. The predicted molar refractivity (Wildman–Crippen MR) is 139 cm³/mol. The van der Waals surface area contributed by atoms with Gasteiger partial charge in [-0.15, -0.1) is 0 Å². The summed E-state index contributed by atoms with van der Waals surface area (Å²) in [6.45, 7) is 22.0. The standard InChI is InChI=1S/C28H40O3Si/c1-19(2)32(20(3)4,21(5)6)31-28(25-12-11-13-26(18-25)29-10)17-24(9)30-27-15-22(7)14-23(8)16-27/h11-21H,9H2,1-8,10H3/b28-17-. The number of rotatable bonds is 10. The van der Waals surface area contributed by atoms with E-state index >= 15 is 0 Å². The van der Waals surface area contributed by atoms with Crippen LogP contribution in [0.2, 0.25) is 16.6 Å². The van der Waals surface area contributed by atoms with Crippen molar-refractivity contribution in [2.24, 2.45) is 0 Å². The van der Waals surface area contributed by atoms with E-state index in [0.29, 0.717) is 22.4 Å². The molecule has 0 aromatic heterocycles. The average Bonchev–Trinajstić information content (AvgIpc) is 2.69. The number of methoxy groups -OCH3 is 1. The highest BCUT2D eigenvalue weighted by atomic mass is 28.4. The lowest BCUT2D eigenvalue weighted by Gasteiger charge is -2.43. The fraction of sp³-hybridized carbons (Fsp3) is 0.429. The number of aryl methyl sites for hydroxylation is 2. The van der Waals surface area contributed by atoms with Crippen molar-refractivity contribution in [3.05, 3.63) is 77.6 Å². The van der Waals surface area contributed by atoms with Crippen LogP contribution in [0.4, 0.5) is 0 Å². The van der Waals surface area contributed by atoms with Gasteiger partial charge in [0.25, 0.3) is 8.32 Å². The van der Waals surface area contributed by atoms with Gasteiger partial charge in [0.2, 0.25) is 0 Å². The number of hydrogen-bond donors (Lipinski definition) is 0. The first-order chi connectivity index (χ1) is 15.0. The normalized spacial score (nSPS) is 12.4. The second-order valence-electron chi connectivity index (χ2n) is 9.55. The van der Waals surface area contributed by atoms with Crippen LogP contribution in [0.3, 0.4) is 0 Å². The van der Waals surface area contributed by atoms with Crippen molar-refractivity contribution in [3.63, 3.8) is 0 Å². The maximum atomic E-state index is 7.07. The summed E-state index contributed by atoms with van der Waals surface area (Å²) in [5.41, 5.74) is 4.63. The van der Waals surface area contributed by atoms with E-state index in [4.69, 9.17) is 13.9 Å². The van der Waals surface area contributed by atoms with Crippen molar-refractivity contribution in [1.82, 2.24) is 0 Å². The Labute approximate surface area is 196 Å². The van der Waals surface area contributed by atoms with E-state index in [1.165, 1.54) is 0 Å². The van der Waals surface area contributed by atoms with Crippen LogP contribution in [0.5, 0.6) is 11.5 Å². The quantitative estimate of drug-likeness (QED) is 0.206. The molecule has 2 aromatic rings. The minimum absolute atomic E-state index is 0.449. The average molecular weight is 453 g/mol. The lowest BCUT2D eigenvalue weighted by atomic mass is 10.1.